The Hall–Kier alpha value is -0.970. The lowest BCUT2D eigenvalue weighted by atomic mass is 10.2. The molecule has 19 heavy (non-hydrogen) atoms. The van der Waals surface area contributed by atoms with Crippen molar-refractivity contribution < 1.29 is 14.2 Å². The number of halogens is 1. The third-order valence-corrected chi connectivity index (χ3v) is 3.10. The van der Waals surface area contributed by atoms with Crippen LogP contribution in [-0.4, -0.2) is 40.6 Å². The van der Waals surface area contributed by atoms with Gasteiger partial charge in [0.1, 0.15) is 5.75 Å². The summed E-state index contributed by atoms with van der Waals surface area (Å²) in [5.41, 5.74) is 1.99. The molecular weight excluding hydrogens is 266 g/mol. The largest absolute Gasteiger partial charge is 0.495 e. The zero-order valence-electron chi connectivity index (χ0n) is 11.8. The van der Waals surface area contributed by atoms with Crippen LogP contribution in [0.25, 0.3) is 0 Å². The molecule has 0 spiro atoms. The van der Waals surface area contributed by atoms with Crippen LogP contribution in [0.4, 0.5) is 5.69 Å². The predicted octanol–water partition coefficient (Wildman–Crippen LogP) is 3.12. The van der Waals surface area contributed by atoms with Crippen LogP contribution in [0.3, 0.4) is 0 Å². The summed E-state index contributed by atoms with van der Waals surface area (Å²) in [6.07, 6.45) is 0.925. The van der Waals surface area contributed by atoms with Crippen molar-refractivity contribution in [1.29, 1.82) is 0 Å². The highest BCUT2D eigenvalue weighted by Gasteiger charge is 2.06. The van der Waals surface area contributed by atoms with Gasteiger partial charge in [0.2, 0.25) is 0 Å². The molecule has 0 heterocycles. The van der Waals surface area contributed by atoms with E-state index in [0.29, 0.717) is 24.8 Å². The summed E-state index contributed by atoms with van der Waals surface area (Å²) in [6, 6.07) is 3.82. The van der Waals surface area contributed by atoms with Gasteiger partial charge in [-0.05, 0) is 25.0 Å². The Bertz CT molecular complexity index is 385. The normalized spacial score (nSPS) is 10.5. The number of methoxy groups -OCH3 is 2. The molecule has 1 rings (SSSR count). The summed E-state index contributed by atoms with van der Waals surface area (Å²) < 4.78 is 15.6. The molecular formula is C14H22ClNO3. The molecule has 0 unspecified atom stereocenters. The highest BCUT2D eigenvalue weighted by molar-refractivity contribution is 6.31. The minimum Gasteiger partial charge on any atom is -0.495 e. The van der Waals surface area contributed by atoms with Crippen LogP contribution in [0, 0.1) is 6.92 Å². The van der Waals surface area contributed by atoms with Crippen molar-refractivity contribution in [3.8, 4) is 5.75 Å². The van der Waals surface area contributed by atoms with Crippen molar-refractivity contribution in [2.24, 2.45) is 0 Å². The smallest absolute Gasteiger partial charge is 0.143 e. The van der Waals surface area contributed by atoms with E-state index in [1.54, 1.807) is 14.2 Å². The van der Waals surface area contributed by atoms with Gasteiger partial charge in [0.05, 0.1) is 26.0 Å². The van der Waals surface area contributed by atoms with Gasteiger partial charge in [0, 0.05) is 31.4 Å². The standard InChI is InChI=1S/C14H22ClNO3/c1-11-9-13(14(18-3)10-12(11)15)16-5-4-6-19-8-7-17-2/h9-10,16H,4-8H2,1-3H3. The van der Waals surface area contributed by atoms with Crippen molar-refractivity contribution in [3.63, 3.8) is 0 Å². The van der Waals surface area contributed by atoms with Crippen LogP contribution in [0.5, 0.6) is 5.75 Å². The lowest BCUT2D eigenvalue weighted by molar-refractivity contribution is 0.0705. The first kappa shape index (κ1) is 16.1. The van der Waals surface area contributed by atoms with Gasteiger partial charge in [0.25, 0.3) is 0 Å². The third-order valence-electron chi connectivity index (χ3n) is 2.69. The molecule has 108 valence electrons. The van der Waals surface area contributed by atoms with Crippen LogP contribution >= 0.6 is 11.6 Å². The van der Waals surface area contributed by atoms with Gasteiger partial charge < -0.3 is 19.5 Å². The van der Waals surface area contributed by atoms with Crippen molar-refractivity contribution >= 4 is 17.3 Å². The zero-order valence-corrected chi connectivity index (χ0v) is 12.5. The van der Waals surface area contributed by atoms with E-state index < -0.39 is 0 Å². The van der Waals surface area contributed by atoms with Gasteiger partial charge in [-0.3, -0.25) is 0 Å². The van der Waals surface area contributed by atoms with Crippen molar-refractivity contribution in [2.45, 2.75) is 13.3 Å². The van der Waals surface area contributed by atoms with Crippen LogP contribution < -0.4 is 10.1 Å². The van der Waals surface area contributed by atoms with Gasteiger partial charge in [0.15, 0.2) is 0 Å². The van der Waals surface area contributed by atoms with E-state index in [1.807, 2.05) is 19.1 Å². The maximum absolute atomic E-state index is 6.06. The molecule has 1 aromatic rings. The summed E-state index contributed by atoms with van der Waals surface area (Å²) >= 11 is 6.06. The fourth-order valence-electron chi connectivity index (χ4n) is 1.61. The van der Waals surface area contributed by atoms with E-state index in [4.69, 9.17) is 25.8 Å². The van der Waals surface area contributed by atoms with Crippen molar-refractivity contribution in [1.82, 2.24) is 0 Å². The quantitative estimate of drug-likeness (QED) is 0.709. The lowest BCUT2D eigenvalue weighted by Gasteiger charge is -2.13. The van der Waals surface area contributed by atoms with Gasteiger partial charge in [-0.15, -0.1) is 0 Å². The molecule has 0 fully saturated rings. The van der Waals surface area contributed by atoms with Crippen LogP contribution in [0.15, 0.2) is 12.1 Å². The van der Waals surface area contributed by atoms with E-state index >= 15 is 0 Å². The molecule has 0 saturated heterocycles. The Morgan fingerprint density at radius 2 is 1.95 bits per heavy atom. The Morgan fingerprint density at radius 1 is 1.16 bits per heavy atom. The number of aryl methyl sites for hydroxylation is 1. The van der Waals surface area contributed by atoms with Crippen LogP contribution in [0.1, 0.15) is 12.0 Å². The van der Waals surface area contributed by atoms with E-state index in [9.17, 15) is 0 Å². The first-order valence-electron chi connectivity index (χ1n) is 6.33. The molecule has 0 bridgehead atoms. The molecule has 1 aromatic carbocycles. The van der Waals surface area contributed by atoms with E-state index in [1.165, 1.54) is 0 Å². The topological polar surface area (TPSA) is 39.7 Å². The second-order valence-corrected chi connectivity index (χ2v) is 4.59. The van der Waals surface area contributed by atoms with E-state index in [2.05, 4.69) is 5.32 Å². The molecule has 0 amide bonds. The maximum Gasteiger partial charge on any atom is 0.143 e. The Labute approximate surface area is 120 Å². The van der Waals surface area contributed by atoms with Gasteiger partial charge >= 0.3 is 0 Å². The van der Waals surface area contributed by atoms with Gasteiger partial charge in [-0.2, -0.15) is 0 Å². The zero-order chi connectivity index (χ0) is 14.1. The summed E-state index contributed by atoms with van der Waals surface area (Å²) in [7, 11) is 3.31. The molecule has 1 N–H and O–H groups in total. The van der Waals surface area contributed by atoms with Gasteiger partial charge in [-0.1, -0.05) is 11.6 Å². The molecule has 5 heteroatoms. The molecule has 0 aliphatic heterocycles. The highest BCUT2D eigenvalue weighted by atomic mass is 35.5. The molecule has 0 aliphatic carbocycles. The minimum absolute atomic E-state index is 0.637. The summed E-state index contributed by atoms with van der Waals surface area (Å²) in [4.78, 5) is 0. The number of hydrogen-bond acceptors (Lipinski definition) is 4. The minimum atomic E-state index is 0.637. The fourth-order valence-corrected chi connectivity index (χ4v) is 1.77. The fraction of sp³-hybridized carbons (Fsp3) is 0.571. The molecule has 0 saturated carbocycles. The average Bonchev–Trinajstić information content (AvgIpc) is 2.41. The first-order chi connectivity index (χ1) is 9.19. The number of rotatable bonds is 9. The Morgan fingerprint density at radius 3 is 2.63 bits per heavy atom. The van der Waals surface area contributed by atoms with Crippen molar-refractivity contribution in [3.05, 3.63) is 22.7 Å². The van der Waals surface area contributed by atoms with Gasteiger partial charge in [-0.25, -0.2) is 0 Å². The monoisotopic (exact) mass is 287 g/mol. The summed E-state index contributed by atoms with van der Waals surface area (Å²) in [6.45, 7) is 4.79. The number of anilines is 1. The van der Waals surface area contributed by atoms with Crippen LogP contribution in [-0.2, 0) is 9.47 Å². The maximum atomic E-state index is 6.06. The van der Waals surface area contributed by atoms with Crippen LogP contribution in [0.2, 0.25) is 5.02 Å². The second-order valence-electron chi connectivity index (χ2n) is 4.19. The highest BCUT2D eigenvalue weighted by Crippen LogP contribution is 2.30. The number of benzene rings is 1. The van der Waals surface area contributed by atoms with Crippen molar-refractivity contribution in [2.75, 3.05) is 45.9 Å². The molecule has 0 atom stereocenters. The first-order valence-corrected chi connectivity index (χ1v) is 6.71. The third kappa shape index (κ3) is 5.68. The Balaban J connectivity index is 2.34. The number of ether oxygens (including phenoxy) is 3. The number of hydrogen-bond donors (Lipinski definition) is 1. The average molecular weight is 288 g/mol. The molecule has 4 nitrogen and oxygen atoms in total. The Kier molecular flexibility index (Phi) is 7.63. The second kappa shape index (κ2) is 9.02. The molecule has 0 radical (unpaired) electrons. The molecule has 0 aliphatic rings. The molecule has 0 aromatic heterocycles. The number of nitrogens with one attached hydrogen (secondary N) is 1. The predicted molar refractivity (Wildman–Crippen MR) is 78.5 cm³/mol. The lowest BCUT2D eigenvalue weighted by Crippen LogP contribution is -2.09. The summed E-state index contributed by atoms with van der Waals surface area (Å²) in [5.74, 6) is 0.760. The van der Waals surface area contributed by atoms with E-state index in [0.717, 1.165) is 30.0 Å². The summed E-state index contributed by atoms with van der Waals surface area (Å²) in [5, 5.41) is 4.04. The SMILES string of the molecule is COCCOCCCNc1cc(C)c(Cl)cc1OC. The van der Waals surface area contributed by atoms with E-state index in [-0.39, 0.29) is 0 Å².